The molecule has 0 unspecified atom stereocenters. The normalized spacial score (nSPS) is 12.6. The molecule has 0 spiro atoms. The van der Waals surface area contributed by atoms with E-state index in [-0.39, 0.29) is 0 Å². The molecule has 0 aliphatic heterocycles. The zero-order valence-electron chi connectivity index (χ0n) is 26.9. The Balaban J connectivity index is 1.19. The van der Waals surface area contributed by atoms with Gasteiger partial charge < -0.3 is 0 Å². The van der Waals surface area contributed by atoms with Gasteiger partial charge in [0.05, 0.1) is 23.8 Å². The lowest BCUT2D eigenvalue weighted by molar-refractivity contribution is 0.692. The van der Waals surface area contributed by atoms with Crippen molar-refractivity contribution in [1.82, 2.24) is 30.0 Å². The minimum Gasteiger partial charge on any atom is -0.220 e. The van der Waals surface area contributed by atoms with Crippen LogP contribution in [0.1, 0.15) is 24.0 Å². The van der Waals surface area contributed by atoms with Gasteiger partial charge in [-0.2, -0.15) is 0 Å². The van der Waals surface area contributed by atoms with E-state index in [0.29, 0.717) is 0 Å². The van der Waals surface area contributed by atoms with Crippen LogP contribution in [-0.4, -0.2) is 30.0 Å². The lowest BCUT2D eigenvalue weighted by Gasteiger charge is -2.15. The van der Waals surface area contributed by atoms with E-state index < -0.39 is 7.53 Å². The summed E-state index contributed by atoms with van der Waals surface area (Å²) < 4.78 is 3.80. The molecule has 3 heterocycles. The highest BCUT2D eigenvalue weighted by Gasteiger charge is 2.28. The summed E-state index contributed by atoms with van der Waals surface area (Å²) in [5.41, 5.74) is 11.4. The Kier molecular flexibility index (Phi) is 7.56. The topological polar surface area (TPSA) is 61.4 Å². The van der Waals surface area contributed by atoms with Gasteiger partial charge in [-0.3, -0.25) is 0 Å². The van der Waals surface area contributed by atoms with Crippen LogP contribution in [0.4, 0.5) is 0 Å². The van der Waals surface area contributed by atoms with E-state index in [2.05, 4.69) is 124 Å². The molecular weight excluding hydrogens is 619 g/mol. The Morgan fingerprint density at radius 2 is 0.878 bits per heavy atom. The molecule has 0 amide bonds. The second-order valence-corrected chi connectivity index (χ2v) is 14.5. The second-order valence-electron chi connectivity index (χ2n) is 12.5. The van der Waals surface area contributed by atoms with Crippen LogP contribution in [0.25, 0.3) is 60.9 Å². The minimum absolute atomic E-state index is 0.826. The summed E-state index contributed by atoms with van der Waals surface area (Å²) >= 11 is 0. The van der Waals surface area contributed by atoms with E-state index in [1.807, 2.05) is 58.2 Å². The SMILES string of the molecule is c1ccc(-c2cn(-c3cccc(-c4c5c(c(-c6cccc(-n7cc(-c8ccccc8)nn7)c6)p4-c4ccccc4)CCCC5)c3)nn2)cc1. The third-order valence-electron chi connectivity index (χ3n) is 9.40. The average molecular weight is 653 g/mol. The van der Waals surface area contributed by atoms with Gasteiger partial charge in [-0.25, -0.2) is 9.36 Å². The molecule has 8 aromatic rings. The molecule has 0 radical (unpaired) electrons. The molecule has 236 valence electrons. The van der Waals surface area contributed by atoms with Crippen molar-refractivity contribution in [2.24, 2.45) is 0 Å². The number of benzene rings is 5. The maximum absolute atomic E-state index is 4.54. The third kappa shape index (κ3) is 5.50. The van der Waals surface area contributed by atoms with Crippen molar-refractivity contribution < 1.29 is 0 Å². The zero-order valence-corrected chi connectivity index (χ0v) is 27.8. The Morgan fingerprint density at radius 3 is 1.35 bits per heavy atom. The van der Waals surface area contributed by atoms with Gasteiger partial charge in [-0.15, -0.1) is 10.2 Å². The molecule has 0 saturated carbocycles. The molecule has 9 rings (SSSR count). The summed E-state index contributed by atoms with van der Waals surface area (Å²) in [6.45, 7) is 0. The van der Waals surface area contributed by atoms with Gasteiger partial charge in [-0.1, -0.05) is 133 Å². The van der Waals surface area contributed by atoms with Crippen molar-refractivity contribution >= 4 is 7.53 Å². The van der Waals surface area contributed by atoms with Crippen LogP contribution in [-0.2, 0) is 12.8 Å². The van der Waals surface area contributed by atoms with Crippen LogP contribution in [0.15, 0.2) is 152 Å². The first-order chi connectivity index (χ1) is 24.3. The minimum atomic E-state index is -0.826. The third-order valence-corrected chi connectivity index (χ3v) is 12.2. The molecule has 0 bridgehead atoms. The molecule has 0 atom stereocenters. The van der Waals surface area contributed by atoms with E-state index in [9.17, 15) is 0 Å². The lowest BCUT2D eigenvalue weighted by atomic mass is 9.89. The number of rotatable bonds is 7. The van der Waals surface area contributed by atoms with E-state index in [1.165, 1.54) is 51.0 Å². The van der Waals surface area contributed by atoms with Crippen LogP contribution < -0.4 is 0 Å². The van der Waals surface area contributed by atoms with Gasteiger partial charge in [-0.05, 0) is 77.5 Å². The molecule has 49 heavy (non-hydrogen) atoms. The first-order valence-corrected chi connectivity index (χ1v) is 18.1. The predicted octanol–water partition coefficient (Wildman–Crippen LogP) is 10.4. The van der Waals surface area contributed by atoms with E-state index >= 15 is 0 Å². The van der Waals surface area contributed by atoms with Gasteiger partial charge in [0.25, 0.3) is 0 Å². The van der Waals surface area contributed by atoms with Crippen molar-refractivity contribution in [3.8, 4) is 60.9 Å². The fourth-order valence-corrected chi connectivity index (χ4v) is 10.1. The molecule has 5 aromatic carbocycles. The summed E-state index contributed by atoms with van der Waals surface area (Å²) in [5.74, 6) is 0. The maximum Gasteiger partial charge on any atom is 0.113 e. The quantitative estimate of drug-likeness (QED) is 0.172. The Labute approximate surface area is 286 Å². The molecule has 6 nitrogen and oxygen atoms in total. The number of nitrogens with zero attached hydrogens (tertiary/aromatic N) is 6. The number of fused-ring (bicyclic) bond motifs is 1. The Bertz CT molecular complexity index is 2240. The molecule has 0 fully saturated rings. The van der Waals surface area contributed by atoms with Crippen LogP contribution >= 0.6 is 7.53 Å². The molecule has 0 N–H and O–H groups in total. The molecule has 0 saturated heterocycles. The predicted molar refractivity (Wildman–Crippen MR) is 199 cm³/mol. The summed E-state index contributed by atoms with van der Waals surface area (Å²) in [6, 6.07) is 49.3. The molecule has 1 aliphatic carbocycles. The largest absolute Gasteiger partial charge is 0.220 e. The average Bonchev–Trinajstić information content (AvgIpc) is 3.95. The number of aromatic nitrogens is 6. The zero-order chi connectivity index (χ0) is 32.6. The highest BCUT2D eigenvalue weighted by atomic mass is 31.1. The van der Waals surface area contributed by atoms with E-state index in [0.717, 1.165) is 46.7 Å². The highest BCUT2D eigenvalue weighted by Crippen LogP contribution is 2.62. The van der Waals surface area contributed by atoms with Gasteiger partial charge in [0, 0.05) is 21.7 Å². The maximum atomic E-state index is 4.54. The monoisotopic (exact) mass is 652 g/mol. The van der Waals surface area contributed by atoms with Gasteiger partial charge in [0.1, 0.15) is 11.4 Å². The molecular formula is C42H33N6P. The fraction of sp³-hybridized carbons (Fsp3) is 0.0952. The fourth-order valence-electron chi connectivity index (χ4n) is 7.11. The summed E-state index contributed by atoms with van der Waals surface area (Å²) in [6.07, 6.45) is 8.64. The lowest BCUT2D eigenvalue weighted by Crippen LogP contribution is -2.02. The van der Waals surface area contributed by atoms with Gasteiger partial charge in [0.2, 0.25) is 0 Å². The summed E-state index contributed by atoms with van der Waals surface area (Å²) in [5, 5.41) is 22.4. The van der Waals surface area contributed by atoms with Gasteiger partial charge in [0.15, 0.2) is 0 Å². The van der Waals surface area contributed by atoms with Crippen molar-refractivity contribution in [2.75, 3.05) is 0 Å². The number of hydrogen-bond acceptors (Lipinski definition) is 4. The standard InChI is InChI=1S/C42H33N6P/c1-4-14-30(15-5-1)39-28-47(45-43-39)34-20-12-18-32(26-34)41-37-24-10-11-25-38(37)42(49(41)36-22-8-3-9-23-36)33-19-13-21-35(27-33)48-29-40(44-46-48)31-16-6-2-7-17-31/h1-9,12-23,26-29H,10-11,24-25H2. The number of hydrogen-bond donors (Lipinski definition) is 0. The van der Waals surface area contributed by atoms with E-state index in [4.69, 9.17) is 0 Å². The molecule has 7 heteroatoms. The Morgan fingerprint density at radius 1 is 0.449 bits per heavy atom. The smallest absolute Gasteiger partial charge is 0.113 e. The van der Waals surface area contributed by atoms with Crippen LogP contribution in [0.5, 0.6) is 0 Å². The van der Waals surface area contributed by atoms with E-state index in [1.54, 1.807) is 0 Å². The summed E-state index contributed by atoms with van der Waals surface area (Å²) in [7, 11) is -0.826. The van der Waals surface area contributed by atoms with Crippen LogP contribution in [0.3, 0.4) is 0 Å². The molecule has 1 aliphatic rings. The first-order valence-electron chi connectivity index (χ1n) is 16.8. The molecule has 3 aromatic heterocycles. The van der Waals surface area contributed by atoms with Crippen molar-refractivity contribution in [2.45, 2.75) is 25.7 Å². The first kappa shape index (κ1) is 29.3. The van der Waals surface area contributed by atoms with Crippen molar-refractivity contribution in [3.63, 3.8) is 0 Å². The van der Waals surface area contributed by atoms with Crippen molar-refractivity contribution in [3.05, 3.63) is 163 Å². The van der Waals surface area contributed by atoms with Gasteiger partial charge >= 0.3 is 0 Å². The second kappa shape index (κ2) is 12.6. The van der Waals surface area contributed by atoms with Crippen LogP contribution in [0, 0.1) is 0 Å². The van der Waals surface area contributed by atoms with Crippen LogP contribution in [0.2, 0.25) is 0 Å². The summed E-state index contributed by atoms with van der Waals surface area (Å²) in [4.78, 5) is 0. The Hall–Kier alpha value is -5.84. The van der Waals surface area contributed by atoms with Crippen molar-refractivity contribution in [1.29, 1.82) is 0 Å². The highest BCUT2D eigenvalue weighted by molar-refractivity contribution is 7.63.